The van der Waals surface area contributed by atoms with Crippen LogP contribution in [0.4, 0.5) is 5.69 Å². The molecule has 4 N–H and O–H groups in total. The van der Waals surface area contributed by atoms with Gasteiger partial charge in [0.15, 0.2) is 6.23 Å². The third kappa shape index (κ3) is 2.22. The summed E-state index contributed by atoms with van der Waals surface area (Å²) in [7, 11) is 0. The molecular weight excluding hydrogens is 278 g/mol. The van der Waals surface area contributed by atoms with Crippen LogP contribution >= 0.6 is 0 Å². The molecule has 0 bridgehead atoms. The van der Waals surface area contributed by atoms with E-state index in [9.17, 15) is 29.9 Å². The first-order chi connectivity index (χ1) is 9.36. The maximum Gasteiger partial charge on any atom is 0.350 e. The number of aliphatic hydroxyl groups excluding tert-OH is 3. The SMILES string of the molecule is O=c1[nH]c(=O)n([C@H]2O[C@@H](CO)C(O)C2O)cc1[N+](=O)[O-]. The number of aromatic amines is 1. The van der Waals surface area contributed by atoms with Crippen molar-refractivity contribution in [1.82, 2.24) is 9.55 Å². The lowest BCUT2D eigenvalue weighted by molar-refractivity contribution is -0.387. The van der Waals surface area contributed by atoms with Gasteiger partial charge in [0.1, 0.15) is 18.3 Å². The third-order valence-electron chi connectivity index (χ3n) is 2.94. The normalized spacial score (nSPS) is 29.6. The Labute approximate surface area is 109 Å². The van der Waals surface area contributed by atoms with Crippen molar-refractivity contribution in [3.05, 3.63) is 37.1 Å². The van der Waals surface area contributed by atoms with E-state index in [0.29, 0.717) is 10.8 Å². The van der Waals surface area contributed by atoms with Gasteiger partial charge in [0.05, 0.1) is 17.7 Å². The van der Waals surface area contributed by atoms with Gasteiger partial charge < -0.3 is 20.1 Å². The number of nitrogens with one attached hydrogen (secondary N) is 1. The number of hydrogen-bond acceptors (Lipinski definition) is 8. The molecule has 20 heavy (non-hydrogen) atoms. The van der Waals surface area contributed by atoms with E-state index in [1.54, 1.807) is 4.98 Å². The lowest BCUT2D eigenvalue weighted by Gasteiger charge is -2.16. The molecule has 11 nitrogen and oxygen atoms in total. The van der Waals surface area contributed by atoms with Crippen LogP contribution < -0.4 is 11.2 Å². The maximum atomic E-state index is 11.6. The number of H-pyrrole nitrogens is 1. The molecule has 1 fully saturated rings. The Morgan fingerprint density at radius 3 is 2.55 bits per heavy atom. The molecule has 1 aliphatic heterocycles. The summed E-state index contributed by atoms with van der Waals surface area (Å²) in [5.41, 5.74) is -3.15. The fourth-order valence-corrected chi connectivity index (χ4v) is 1.90. The standard InChI is InChI=1S/C9H11N3O8/c13-2-4-5(14)6(15)8(20-4)11-1-3(12(18)19)7(16)10-9(11)17/h1,4-6,8,13-15H,2H2,(H,10,16,17)/t4-,5?,6?,8-/m0/s1. The average molecular weight is 289 g/mol. The van der Waals surface area contributed by atoms with Gasteiger partial charge in [-0.2, -0.15) is 0 Å². The van der Waals surface area contributed by atoms with Gasteiger partial charge in [-0.05, 0) is 0 Å². The molecule has 0 aromatic carbocycles. The van der Waals surface area contributed by atoms with Gasteiger partial charge in [0.25, 0.3) is 0 Å². The van der Waals surface area contributed by atoms with Gasteiger partial charge >= 0.3 is 16.9 Å². The number of ether oxygens (including phenoxy) is 1. The fraction of sp³-hybridized carbons (Fsp3) is 0.556. The summed E-state index contributed by atoms with van der Waals surface area (Å²) in [4.78, 5) is 34.2. The van der Waals surface area contributed by atoms with Gasteiger partial charge in [-0.15, -0.1) is 0 Å². The number of nitro groups is 1. The summed E-state index contributed by atoms with van der Waals surface area (Å²) in [5, 5.41) is 38.9. The fourth-order valence-electron chi connectivity index (χ4n) is 1.90. The minimum atomic E-state index is -1.59. The Kier molecular flexibility index (Phi) is 3.67. The summed E-state index contributed by atoms with van der Waals surface area (Å²) >= 11 is 0. The maximum absolute atomic E-state index is 11.6. The molecule has 0 spiro atoms. The van der Waals surface area contributed by atoms with E-state index in [2.05, 4.69) is 0 Å². The van der Waals surface area contributed by atoms with E-state index in [-0.39, 0.29) is 0 Å². The first kappa shape index (κ1) is 14.3. The quantitative estimate of drug-likeness (QED) is 0.338. The number of hydrogen-bond donors (Lipinski definition) is 4. The minimum Gasteiger partial charge on any atom is -0.394 e. The second kappa shape index (κ2) is 5.13. The van der Waals surface area contributed by atoms with E-state index in [4.69, 9.17) is 9.84 Å². The molecule has 11 heteroatoms. The third-order valence-corrected chi connectivity index (χ3v) is 2.94. The molecule has 110 valence electrons. The van der Waals surface area contributed by atoms with E-state index >= 15 is 0 Å². The summed E-state index contributed by atoms with van der Waals surface area (Å²) < 4.78 is 5.63. The molecule has 1 aliphatic rings. The lowest BCUT2D eigenvalue weighted by atomic mass is 10.1. The molecule has 1 saturated heterocycles. The molecule has 2 heterocycles. The van der Waals surface area contributed by atoms with Crippen molar-refractivity contribution in [1.29, 1.82) is 0 Å². The topological polar surface area (TPSA) is 168 Å². The molecule has 0 saturated carbocycles. The zero-order chi connectivity index (χ0) is 15.0. The van der Waals surface area contributed by atoms with Crippen LogP contribution in [0.5, 0.6) is 0 Å². The second-order valence-electron chi connectivity index (χ2n) is 4.17. The predicted molar refractivity (Wildman–Crippen MR) is 61.0 cm³/mol. The highest BCUT2D eigenvalue weighted by molar-refractivity contribution is 5.21. The number of aromatic nitrogens is 2. The Hall–Kier alpha value is -2.08. The monoisotopic (exact) mass is 289 g/mol. The molecular formula is C9H11N3O8. The van der Waals surface area contributed by atoms with Gasteiger partial charge in [0, 0.05) is 0 Å². The van der Waals surface area contributed by atoms with Crippen molar-refractivity contribution in [2.24, 2.45) is 0 Å². The van der Waals surface area contributed by atoms with E-state index in [1.807, 2.05) is 0 Å². The molecule has 0 radical (unpaired) electrons. The van der Waals surface area contributed by atoms with Crippen molar-refractivity contribution >= 4 is 5.69 Å². The minimum absolute atomic E-state index is 0.586. The molecule has 0 aliphatic carbocycles. The van der Waals surface area contributed by atoms with Crippen LogP contribution in [0.3, 0.4) is 0 Å². The van der Waals surface area contributed by atoms with Crippen LogP contribution in [-0.2, 0) is 4.74 Å². The highest BCUT2D eigenvalue weighted by atomic mass is 16.6. The first-order valence-corrected chi connectivity index (χ1v) is 5.49. The Morgan fingerprint density at radius 2 is 2.05 bits per heavy atom. The summed E-state index contributed by atoms with van der Waals surface area (Å²) in [6.45, 7) is -0.616. The van der Waals surface area contributed by atoms with E-state index in [1.165, 1.54) is 0 Å². The first-order valence-electron chi connectivity index (χ1n) is 5.49. The van der Waals surface area contributed by atoms with Gasteiger partial charge in [-0.25, -0.2) is 4.79 Å². The van der Waals surface area contributed by atoms with Gasteiger partial charge in [-0.3, -0.25) is 24.5 Å². The van der Waals surface area contributed by atoms with E-state index < -0.39 is 53.0 Å². The lowest BCUT2D eigenvalue weighted by Crippen LogP contribution is -2.38. The van der Waals surface area contributed by atoms with Crippen LogP contribution in [0.25, 0.3) is 0 Å². The van der Waals surface area contributed by atoms with Crippen molar-refractivity contribution in [3.63, 3.8) is 0 Å². The number of nitrogens with zero attached hydrogens (tertiary/aromatic N) is 2. The van der Waals surface area contributed by atoms with Gasteiger partial charge in [0.2, 0.25) is 0 Å². The summed E-state index contributed by atoms with van der Waals surface area (Å²) in [6, 6.07) is 0. The highest BCUT2D eigenvalue weighted by Crippen LogP contribution is 2.28. The summed E-state index contributed by atoms with van der Waals surface area (Å²) in [6.07, 6.45) is -5.04. The Morgan fingerprint density at radius 1 is 1.40 bits per heavy atom. The van der Waals surface area contributed by atoms with Crippen molar-refractivity contribution < 1.29 is 25.0 Å². The molecule has 1 aromatic heterocycles. The zero-order valence-electron chi connectivity index (χ0n) is 9.87. The average Bonchev–Trinajstić information content (AvgIpc) is 2.66. The highest BCUT2D eigenvalue weighted by Gasteiger charge is 2.44. The molecule has 0 amide bonds. The van der Waals surface area contributed by atoms with Crippen LogP contribution in [0, 0.1) is 10.1 Å². The predicted octanol–water partition coefficient (Wildman–Crippen LogP) is -2.94. The molecule has 4 atom stereocenters. The summed E-state index contributed by atoms with van der Waals surface area (Å²) in [5.74, 6) is 0. The van der Waals surface area contributed by atoms with Crippen molar-refractivity contribution in [2.75, 3.05) is 6.61 Å². The Bertz CT molecular complexity index is 637. The number of aliphatic hydroxyl groups is 3. The van der Waals surface area contributed by atoms with Gasteiger partial charge in [-0.1, -0.05) is 0 Å². The largest absolute Gasteiger partial charge is 0.394 e. The Balaban J connectivity index is 2.48. The van der Waals surface area contributed by atoms with E-state index in [0.717, 1.165) is 0 Å². The molecule has 2 unspecified atom stereocenters. The second-order valence-corrected chi connectivity index (χ2v) is 4.17. The smallest absolute Gasteiger partial charge is 0.350 e. The zero-order valence-corrected chi connectivity index (χ0v) is 9.87. The van der Waals surface area contributed by atoms with Crippen LogP contribution in [0.2, 0.25) is 0 Å². The van der Waals surface area contributed by atoms with Crippen LogP contribution in [-0.4, -0.2) is 54.7 Å². The molecule has 1 aromatic rings. The number of rotatable bonds is 3. The van der Waals surface area contributed by atoms with Crippen LogP contribution in [0.15, 0.2) is 15.8 Å². The molecule has 2 rings (SSSR count). The van der Waals surface area contributed by atoms with Crippen LogP contribution in [0.1, 0.15) is 6.23 Å². The van der Waals surface area contributed by atoms with Crippen molar-refractivity contribution in [3.8, 4) is 0 Å². The van der Waals surface area contributed by atoms with Crippen molar-refractivity contribution in [2.45, 2.75) is 24.5 Å².